The normalized spacial score (nSPS) is 20.5. The van der Waals surface area contributed by atoms with Gasteiger partial charge in [-0.2, -0.15) is 0 Å². The Morgan fingerprint density at radius 1 is 1.62 bits per heavy atom. The van der Waals surface area contributed by atoms with Crippen LogP contribution in [0.5, 0.6) is 0 Å². The largest absolute Gasteiger partial charge is 0.396 e. The predicted molar refractivity (Wildman–Crippen MR) is 57.1 cm³/mol. The van der Waals surface area contributed by atoms with Crippen molar-refractivity contribution in [3.63, 3.8) is 0 Å². The molecule has 1 fully saturated rings. The molecule has 0 bridgehead atoms. The Morgan fingerprint density at radius 2 is 2.38 bits per heavy atom. The summed E-state index contributed by atoms with van der Waals surface area (Å²) in [4.78, 5) is 30.9. The number of aromatic amines is 1. The summed E-state index contributed by atoms with van der Waals surface area (Å²) in [5, 5.41) is 8.99. The van der Waals surface area contributed by atoms with Crippen molar-refractivity contribution in [1.82, 2.24) is 9.97 Å². The lowest BCUT2D eigenvalue weighted by Gasteiger charge is -2.14. The van der Waals surface area contributed by atoms with Crippen LogP contribution in [-0.2, 0) is 4.79 Å². The molecule has 1 aromatic rings. The summed E-state index contributed by atoms with van der Waals surface area (Å²) in [7, 11) is 0. The molecule has 2 heterocycles. The lowest BCUT2D eigenvalue weighted by atomic mass is 10.1. The zero-order valence-electron chi connectivity index (χ0n) is 8.93. The van der Waals surface area contributed by atoms with E-state index in [4.69, 9.17) is 5.11 Å². The van der Waals surface area contributed by atoms with Crippen LogP contribution in [-0.4, -0.2) is 34.1 Å². The van der Waals surface area contributed by atoms with Gasteiger partial charge in [0.15, 0.2) is 0 Å². The number of carbonyl (C=O) groups excluding carboxylic acids is 1. The van der Waals surface area contributed by atoms with Crippen molar-refractivity contribution in [1.29, 1.82) is 0 Å². The minimum absolute atomic E-state index is 0.0234. The van der Waals surface area contributed by atoms with Gasteiger partial charge in [0.1, 0.15) is 11.6 Å². The van der Waals surface area contributed by atoms with Gasteiger partial charge in [0, 0.05) is 31.6 Å². The quantitative estimate of drug-likeness (QED) is 0.702. The first-order valence-corrected chi connectivity index (χ1v) is 5.09. The highest BCUT2D eigenvalue weighted by atomic mass is 16.3. The van der Waals surface area contributed by atoms with Crippen LogP contribution >= 0.6 is 0 Å². The van der Waals surface area contributed by atoms with Crippen molar-refractivity contribution in [3.8, 4) is 0 Å². The summed E-state index contributed by atoms with van der Waals surface area (Å²) in [6, 6.07) is 1.30. The van der Waals surface area contributed by atoms with Crippen LogP contribution in [0.3, 0.4) is 0 Å². The van der Waals surface area contributed by atoms with Crippen molar-refractivity contribution < 1.29 is 9.90 Å². The average molecular weight is 223 g/mol. The number of anilines is 1. The summed E-state index contributed by atoms with van der Waals surface area (Å²) in [5.41, 5.74) is -0.275. The van der Waals surface area contributed by atoms with E-state index in [9.17, 15) is 9.59 Å². The molecule has 86 valence electrons. The summed E-state index contributed by atoms with van der Waals surface area (Å²) in [6.07, 6.45) is 0.310. The Morgan fingerprint density at radius 3 is 2.94 bits per heavy atom. The molecule has 1 unspecified atom stereocenters. The van der Waals surface area contributed by atoms with Crippen LogP contribution in [0, 0.1) is 12.8 Å². The third-order valence-corrected chi connectivity index (χ3v) is 2.59. The summed E-state index contributed by atoms with van der Waals surface area (Å²) >= 11 is 0. The maximum atomic E-state index is 11.6. The fraction of sp³-hybridized carbons (Fsp3) is 0.500. The van der Waals surface area contributed by atoms with Gasteiger partial charge < -0.3 is 10.1 Å². The Kier molecular flexibility index (Phi) is 2.74. The number of nitrogens with one attached hydrogen (secondary N) is 1. The second-order valence-corrected chi connectivity index (χ2v) is 3.95. The van der Waals surface area contributed by atoms with E-state index in [0.717, 1.165) is 0 Å². The van der Waals surface area contributed by atoms with Gasteiger partial charge in [-0.05, 0) is 6.92 Å². The van der Waals surface area contributed by atoms with E-state index < -0.39 is 0 Å². The van der Waals surface area contributed by atoms with Crippen LogP contribution in [0.15, 0.2) is 10.9 Å². The van der Waals surface area contributed by atoms with Crippen LogP contribution < -0.4 is 10.5 Å². The lowest BCUT2D eigenvalue weighted by molar-refractivity contribution is -0.117. The third-order valence-electron chi connectivity index (χ3n) is 2.59. The topological polar surface area (TPSA) is 86.3 Å². The van der Waals surface area contributed by atoms with Crippen molar-refractivity contribution >= 4 is 11.7 Å². The summed E-state index contributed by atoms with van der Waals surface area (Å²) in [5.74, 6) is 0.676. The van der Waals surface area contributed by atoms with Gasteiger partial charge in [-0.1, -0.05) is 0 Å². The first kappa shape index (κ1) is 10.8. The number of aliphatic hydroxyl groups excluding tert-OH is 1. The molecule has 1 amide bonds. The fourth-order valence-corrected chi connectivity index (χ4v) is 1.83. The van der Waals surface area contributed by atoms with Crippen molar-refractivity contribution in [2.45, 2.75) is 13.3 Å². The lowest BCUT2D eigenvalue weighted by Crippen LogP contribution is -2.28. The molecule has 0 spiro atoms. The molecule has 1 aliphatic heterocycles. The number of aliphatic hydroxyl groups is 1. The molecule has 0 aromatic carbocycles. The molecule has 0 radical (unpaired) electrons. The van der Waals surface area contributed by atoms with Crippen molar-refractivity contribution in [2.24, 2.45) is 5.92 Å². The van der Waals surface area contributed by atoms with Crippen LogP contribution in [0.2, 0.25) is 0 Å². The molecule has 6 heteroatoms. The number of aromatic nitrogens is 2. The second-order valence-electron chi connectivity index (χ2n) is 3.95. The van der Waals surface area contributed by atoms with Gasteiger partial charge in [-0.3, -0.25) is 14.5 Å². The zero-order chi connectivity index (χ0) is 11.7. The molecule has 2 rings (SSSR count). The monoisotopic (exact) mass is 223 g/mol. The highest BCUT2D eigenvalue weighted by Gasteiger charge is 2.31. The van der Waals surface area contributed by atoms with E-state index in [1.54, 1.807) is 6.92 Å². The van der Waals surface area contributed by atoms with Crippen LogP contribution in [0.4, 0.5) is 5.82 Å². The summed E-state index contributed by atoms with van der Waals surface area (Å²) < 4.78 is 0. The van der Waals surface area contributed by atoms with E-state index in [0.29, 0.717) is 24.6 Å². The number of hydrogen-bond donors (Lipinski definition) is 2. The number of amides is 1. The fourth-order valence-electron chi connectivity index (χ4n) is 1.83. The highest BCUT2D eigenvalue weighted by Crippen LogP contribution is 2.21. The Balaban J connectivity index is 2.31. The molecule has 16 heavy (non-hydrogen) atoms. The number of aryl methyl sites for hydroxylation is 1. The molecule has 1 aliphatic rings. The molecule has 1 atom stereocenters. The Bertz CT molecular complexity index is 469. The smallest absolute Gasteiger partial charge is 0.252 e. The SMILES string of the molecule is Cc1nc(N2CC(CO)CC2=O)cc(=O)[nH]1. The zero-order valence-corrected chi connectivity index (χ0v) is 8.93. The number of carbonyl (C=O) groups is 1. The molecule has 0 aliphatic carbocycles. The maximum absolute atomic E-state index is 11.6. The van der Waals surface area contributed by atoms with E-state index in [1.165, 1.54) is 11.0 Å². The molecular weight excluding hydrogens is 210 g/mol. The Hall–Kier alpha value is -1.69. The van der Waals surface area contributed by atoms with Crippen molar-refractivity contribution in [3.05, 3.63) is 22.2 Å². The molecule has 1 saturated heterocycles. The number of nitrogens with zero attached hydrogens (tertiary/aromatic N) is 2. The predicted octanol–water partition coefficient (Wildman–Crippen LogP) is -0.576. The van der Waals surface area contributed by atoms with Gasteiger partial charge in [-0.25, -0.2) is 4.98 Å². The molecule has 6 nitrogen and oxygen atoms in total. The van der Waals surface area contributed by atoms with Gasteiger partial charge in [-0.15, -0.1) is 0 Å². The average Bonchev–Trinajstić information content (AvgIpc) is 2.58. The minimum atomic E-state index is -0.275. The molecule has 1 aromatic heterocycles. The van der Waals surface area contributed by atoms with E-state index in [1.807, 2.05) is 0 Å². The Labute approximate surface area is 91.9 Å². The van der Waals surface area contributed by atoms with Crippen LogP contribution in [0.25, 0.3) is 0 Å². The number of H-pyrrole nitrogens is 1. The first-order chi connectivity index (χ1) is 7.60. The van der Waals surface area contributed by atoms with Gasteiger partial charge in [0.05, 0.1) is 0 Å². The van der Waals surface area contributed by atoms with Gasteiger partial charge >= 0.3 is 0 Å². The van der Waals surface area contributed by atoms with Gasteiger partial charge in [0.25, 0.3) is 5.56 Å². The van der Waals surface area contributed by atoms with Crippen LogP contribution in [0.1, 0.15) is 12.2 Å². The van der Waals surface area contributed by atoms with E-state index in [-0.39, 0.29) is 24.0 Å². The van der Waals surface area contributed by atoms with Gasteiger partial charge in [0.2, 0.25) is 5.91 Å². The molecule has 2 N–H and O–H groups in total. The summed E-state index contributed by atoms with van der Waals surface area (Å²) in [6.45, 7) is 2.06. The second kappa shape index (κ2) is 4.05. The number of hydrogen-bond acceptors (Lipinski definition) is 4. The third kappa shape index (κ3) is 1.96. The standard InChI is InChI=1S/C10H13N3O3/c1-6-11-8(3-9(15)12-6)13-4-7(5-14)2-10(13)16/h3,7,14H,2,4-5H2,1H3,(H,11,12,15). The first-order valence-electron chi connectivity index (χ1n) is 5.09. The maximum Gasteiger partial charge on any atom is 0.252 e. The molecule has 0 saturated carbocycles. The van der Waals surface area contributed by atoms with E-state index in [2.05, 4.69) is 9.97 Å². The molecular formula is C10H13N3O3. The highest BCUT2D eigenvalue weighted by molar-refractivity contribution is 5.94. The van der Waals surface area contributed by atoms with Crippen molar-refractivity contribution in [2.75, 3.05) is 18.1 Å². The minimum Gasteiger partial charge on any atom is -0.396 e. The number of rotatable bonds is 2. The van der Waals surface area contributed by atoms with E-state index >= 15 is 0 Å².